The van der Waals surface area contributed by atoms with Gasteiger partial charge in [0.05, 0.1) is 0 Å². The van der Waals surface area contributed by atoms with Gasteiger partial charge in [-0.05, 0) is 18.4 Å². The zero-order chi connectivity index (χ0) is 13.5. The normalized spacial score (nSPS) is 10.1. The fourth-order valence-corrected chi connectivity index (χ4v) is 1.77. The van der Waals surface area contributed by atoms with Crippen LogP contribution in [0.15, 0.2) is 42.7 Å². The van der Waals surface area contributed by atoms with Crippen molar-refractivity contribution in [2.24, 2.45) is 0 Å². The Bertz CT molecular complexity index is 543. The predicted octanol–water partition coefficient (Wildman–Crippen LogP) is 2.22. The molecule has 0 fully saturated rings. The fourth-order valence-electron chi connectivity index (χ4n) is 1.77. The third kappa shape index (κ3) is 3.77. The molecule has 5 heteroatoms. The monoisotopic (exact) mass is 257 g/mol. The maximum Gasteiger partial charge on any atom is 0.358 e. The van der Waals surface area contributed by atoms with Gasteiger partial charge in [-0.3, -0.25) is 0 Å². The molecule has 0 atom stereocenters. The number of carboxylic acid groups (broad SMARTS) is 1. The lowest BCUT2D eigenvalue weighted by atomic mass is 10.1. The van der Waals surface area contributed by atoms with Gasteiger partial charge in [0.1, 0.15) is 0 Å². The van der Waals surface area contributed by atoms with E-state index in [-0.39, 0.29) is 5.69 Å². The number of rotatable bonds is 6. The molecule has 98 valence electrons. The van der Waals surface area contributed by atoms with Crippen LogP contribution in [0.1, 0.15) is 22.5 Å². The van der Waals surface area contributed by atoms with Crippen LogP contribution in [0, 0.1) is 0 Å². The van der Waals surface area contributed by atoms with Gasteiger partial charge < -0.3 is 10.4 Å². The number of aromatic nitrogens is 2. The number of nitrogens with one attached hydrogen (secondary N) is 1. The van der Waals surface area contributed by atoms with Crippen molar-refractivity contribution in [1.29, 1.82) is 0 Å². The summed E-state index contributed by atoms with van der Waals surface area (Å²) in [4.78, 5) is 18.7. The Morgan fingerprint density at radius 2 is 1.89 bits per heavy atom. The summed E-state index contributed by atoms with van der Waals surface area (Å²) in [6.45, 7) is 0.661. The first-order chi connectivity index (χ1) is 9.27. The van der Waals surface area contributed by atoms with Gasteiger partial charge >= 0.3 is 5.97 Å². The van der Waals surface area contributed by atoms with Gasteiger partial charge in [-0.15, -0.1) is 0 Å². The second-order valence-electron chi connectivity index (χ2n) is 4.07. The highest BCUT2D eigenvalue weighted by molar-refractivity contribution is 5.90. The number of benzene rings is 1. The minimum absolute atomic E-state index is 0.0396. The van der Waals surface area contributed by atoms with Crippen molar-refractivity contribution in [2.75, 3.05) is 11.9 Å². The number of hydrogen-bond acceptors (Lipinski definition) is 4. The Hall–Kier alpha value is -2.43. The standard InChI is InChI=1S/C14H15N3O2/c18-14(19)12-13(17-10-9-15-12)16-8-4-7-11-5-2-1-3-6-11/h1-3,5-6,9-10H,4,7-8H2,(H,16,17)(H,18,19). The molecule has 0 aliphatic carbocycles. The molecule has 0 amide bonds. The number of hydrogen-bond donors (Lipinski definition) is 2. The summed E-state index contributed by atoms with van der Waals surface area (Å²) in [5, 5.41) is 12.0. The molecule has 0 unspecified atom stereocenters. The molecule has 0 aliphatic heterocycles. The fraction of sp³-hybridized carbons (Fsp3) is 0.214. The molecular formula is C14H15N3O2. The van der Waals surface area contributed by atoms with Crippen LogP contribution < -0.4 is 5.32 Å². The van der Waals surface area contributed by atoms with Gasteiger partial charge in [0.25, 0.3) is 0 Å². The largest absolute Gasteiger partial charge is 0.476 e. The summed E-state index contributed by atoms with van der Waals surface area (Å²) in [7, 11) is 0. The van der Waals surface area contributed by atoms with Crippen molar-refractivity contribution in [3.8, 4) is 0 Å². The van der Waals surface area contributed by atoms with E-state index in [0.717, 1.165) is 12.8 Å². The van der Waals surface area contributed by atoms with E-state index in [4.69, 9.17) is 5.11 Å². The van der Waals surface area contributed by atoms with Crippen molar-refractivity contribution in [1.82, 2.24) is 9.97 Å². The highest BCUT2D eigenvalue weighted by Gasteiger charge is 2.11. The maximum atomic E-state index is 10.9. The Morgan fingerprint density at radius 3 is 2.63 bits per heavy atom. The van der Waals surface area contributed by atoms with Crippen molar-refractivity contribution in [2.45, 2.75) is 12.8 Å². The van der Waals surface area contributed by atoms with Crippen LogP contribution in [0.2, 0.25) is 0 Å². The summed E-state index contributed by atoms with van der Waals surface area (Å²) in [5.41, 5.74) is 1.23. The Morgan fingerprint density at radius 1 is 1.16 bits per heavy atom. The Balaban J connectivity index is 1.85. The van der Waals surface area contributed by atoms with Crippen LogP contribution in [0.4, 0.5) is 5.82 Å². The molecule has 2 rings (SSSR count). The lowest BCUT2D eigenvalue weighted by Gasteiger charge is -2.07. The lowest BCUT2D eigenvalue weighted by Crippen LogP contribution is -2.11. The van der Waals surface area contributed by atoms with Crippen LogP contribution in [0.3, 0.4) is 0 Å². The minimum Gasteiger partial charge on any atom is -0.476 e. The number of nitrogens with zero attached hydrogens (tertiary/aromatic N) is 2. The molecule has 0 saturated carbocycles. The van der Waals surface area contributed by atoms with Crippen molar-refractivity contribution < 1.29 is 9.90 Å². The van der Waals surface area contributed by atoms with E-state index in [1.54, 1.807) is 0 Å². The summed E-state index contributed by atoms with van der Waals surface area (Å²) in [6, 6.07) is 10.2. The molecule has 0 bridgehead atoms. The first-order valence-corrected chi connectivity index (χ1v) is 6.09. The smallest absolute Gasteiger partial charge is 0.358 e. The second-order valence-corrected chi connectivity index (χ2v) is 4.07. The SMILES string of the molecule is O=C(O)c1nccnc1NCCCc1ccccc1. The van der Waals surface area contributed by atoms with Gasteiger partial charge in [-0.1, -0.05) is 30.3 Å². The topological polar surface area (TPSA) is 75.1 Å². The quantitative estimate of drug-likeness (QED) is 0.776. The molecule has 19 heavy (non-hydrogen) atoms. The maximum absolute atomic E-state index is 10.9. The van der Waals surface area contributed by atoms with Gasteiger partial charge in [0.15, 0.2) is 11.5 Å². The van der Waals surface area contributed by atoms with Gasteiger partial charge in [-0.25, -0.2) is 14.8 Å². The summed E-state index contributed by atoms with van der Waals surface area (Å²) in [5.74, 6) is -0.748. The molecule has 1 heterocycles. The number of aromatic carboxylic acids is 1. The summed E-state index contributed by atoms with van der Waals surface area (Å²) >= 11 is 0. The van der Waals surface area contributed by atoms with Crippen molar-refractivity contribution >= 4 is 11.8 Å². The van der Waals surface area contributed by atoms with E-state index in [1.807, 2.05) is 18.2 Å². The van der Waals surface area contributed by atoms with E-state index in [0.29, 0.717) is 12.4 Å². The molecule has 0 radical (unpaired) electrons. The zero-order valence-electron chi connectivity index (χ0n) is 10.4. The van der Waals surface area contributed by atoms with Crippen LogP contribution in [-0.4, -0.2) is 27.6 Å². The van der Waals surface area contributed by atoms with E-state index >= 15 is 0 Å². The first-order valence-electron chi connectivity index (χ1n) is 6.09. The average Bonchev–Trinajstić information content (AvgIpc) is 2.45. The van der Waals surface area contributed by atoms with Crippen molar-refractivity contribution in [3.05, 3.63) is 54.0 Å². The van der Waals surface area contributed by atoms with Crippen LogP contribution >= 0.6 is 0 Å². The molecule has 5 nitrogen and oxygen atoms in total. The highest BCUT2D eigenvalue weighted by Crippen LogP contribution is 2.08. The molecule has 0 aliphatic rings. The van der Waals surface area contributed by atoms with Gasteiger partial charge in [0.2, 0.25) is 0 Å². The number of carboxylic acids is 1. The number of anilines is 1. The molecule has 0 spiro atoms. The van der Waals surface area contributed by atoms with Gasteiger partial charge in [-0.2, -0.15) is 0 Å². The first kappa shape index (κ1) is 13.0. The predicted molar refractivity (Wildman–Crippen MR) is 72.2 cm³/mol. The molecule has 1 aromatic heterocycles. The lowest BCUT2D eigenvalue weighted by molar-refractivity contribution is 0.0691. The summed E-state index contributed by atoms with van der Waals surface area (Å²) in [6.07, 6.45) is 4.70. The second kappa shape index (κ2) is 6.49. The highest BCUT2D eigenvalue weighted by atomic mass is 16.4. The third-order valence-corrected chi connectivity index (χ3v) is 2.68. The Labute approximate surface area is 111 Å². The third-order valence-electron chi connectivity index (χ3n) is 2.68. The molecule has 1 aromatic carbocycles. The molecular weight excluding hydrogens is 242 g/mol. The molecule has 2 N–H and O–H groups in total. The van der Waals surface area contributed by atoms with E-state index < -0.39 is 5.97 Å². The number of carbonyl (C=O) groups is 1. The van der Waals surface area contributed by atoms with Crippen LogP contribution in [0.5, 0.6) is 0 Å². The summed E-state index contributed by atoms with van der Waals surface area (Å²) < 4.78 is 0. The Kier molecular flexibility index (Phi) is 4.44. The number of aryl methyl sites for hydroxylation is 1. The average molecular weight is 257 g/mol. The molecule has 0 saturated heterocycles. The zero-order valence-corrected chi connectivity index (χ0v) is 10.4. The minimum atomic E-state index is -1.07. The van der Waals surface area contributed by atoms with Gasteiger partial charge in [0, 0.05) is 18.9 Å². The van der Waals surface area contributed by atoms with E-state index in [2.05, 4.69) is 27.4 Å². The van der Waals surface area contributed by atoms with Crippen LogP contribution in [-0.2, 0) is 6.42 Å². The van der Waals surface area contributed by atoms with Crippen LogP contribution in [0.25, 0.3) is 0 Å². The van der Waals surface area contributed by atoms with E-state index in [9.17, 15) is 4.79 Å². The van der Waals surface area contributed by atoms with Crippen molar-refractivity contribution in [3.63, 3.8) is 0 Å². The van der Waals surface area contributed by atoms with E-state index in [1.165, 1.54) is 18.0 Å². The molecule has 2 aromatic rings.